The van der Waals surface area contributed by atoms with E-state index in [0.717, 1.165) is 18.0 Å². The van der Waals surface area contributed by atoms with Crippen molar-refractivity contribution in [3.05, 3.63) is 35.9 Å². The topological polar surface area (TPSA) is 61.4 Å². The summed E-state index contributed by atoms with van der Waals surface area (Å²) in [6, 6.07) is 9.67. The molecule has 1 aliphatic carbocycles. The van der Waals surface area contributed by atoms with Gasteiger partial charge in [-0.25, -0.2) is 0 Å². The van der Waals surface area contributed by atoms with Crippen LogP contribution < -0.4 is 10.6 Å². The normalized spacial score (nSPS) is 16.1. The predicted molar refractivity (Wildman–Crippen MR) is 74.8 cm³/mol. The van der Waals surface area contributed by atoms with E-state index in [0.29, 0.717) is 13.0 Å². The fourth-order valence-corrected chi connectivity index (χ4v) is 2.05. The molecule has 4 heteroatoms. The third-order valence-electron chi connectivity index (χ3n) is 3.33. The Morgan fingerprint density at radius 1 is 1.32 bits per heavy atom. The molecule has 0 aliphatic heterocycles. The van der Waals surface area contributed by atoms with Gasteiger partial charge in [-0.2, -0.15) is 0 Å². The van der Waals surface area contributed by atoms with Gasteiger partial charge in [0.2, 0.25) is 5.91 Å². The Hall–Kier alpha value is -1.39. The summed E-state index contributed by atoms with van der Waals surface area (Å²) in [5.74, 6) is 0.724. The molecule has 1 aromatic carbocycles. The lowest BCUT2D eigenvalue weighted by Crippen LogP contribution is -2.43. The van der Waals surface area contributed by atoms with Crippen LogP contribution in [0.3, 0.4) is 0 Å². The molecule has 19 heavy (non-hydrogen) atoms. The van der Waals surface area contributed by atoms with Gasteiger partial charge in [0.15, 0.2) is 0 Å². The molecule has 1 amide bonds. The zero-order chi connectivity index (χ0) is 13.5. The first kappa shape index (κ1) is 14.0. The van der Waals surface area contributed by atoms with E-state index < -0.39 is 0 Å². The summed E-state index contributed by atoms with van der Waals surface area (Å²) in [5, 5.41) is 15.3. The molecule has 1 saturated carbocycles. The number of nitrogens with one attached hydrogen (secondary N) is 2. The summed E-state index contributed by atoms with van der Waals surface area (Å²) in [7, 11) is 0. The molecular formula is C15H22N2O2. The molecule has 1 unspecified atom stereocenters. The molecule has 0 aromatic heterocycles. The largest absolute Gasteiger partial charge is 0.394 e. The first-order valence-electron chi connectivity index (χ1n) is 6.93. The summed E-state index contributed by atoms with van der Waals surface area (Å²) in [4.78, 5) is 11.7. The molecule has 0 bridgehead atoms. The van der Waals surface area contributed by atoms with E-state index in [1.54, 1.807) is 0 Å². The Balaban J connectivity index is 1.69. The zero-order valence-electron chi connectivity index (χ0n) is 11.1. The van der Waals surface area contributed by atoms with Gasteiger partial charge in [0.1, 0.15) is 0 Å². The molecule has 0 heterocycles. The number of aliphatic hydroxyl groups is 1. The van der Waals surface area contributed by atoms with Crippen molar-refractivity contribution < 1.29 is 9.90 Å². The number of amides is 1. The monoisotopic (exact) mass is 262 g/mol. The number of benzene rings is 1. The molecule has 3 N–H and O–H groups in total. The summed E-state index contributed by atoms with van der Waals surface area (Å²) in [6.07, 6.45) is 3.22. The van der Waals surface area contributed by atoms with Gasteiger partial charge < -0.3 is 15.7 Å². The van der Waals surface area contributed by atoms with E-state index in [-0.39, 0.29) is 18.6 Å². The van der Waals surface area contributed by atoms with Crippen molar-refractivity contribution in [3.8, 4) is 0 Å². The molecule has 0 radical (unpaired) electrons. The molecular weight excluding hydrogens is 240 g/mol. The van der Waals surface area contributed by atoms with Gasteiger partial charge in [-0.1, -0.05) is 30.3 Å². The van der Waals surface area contributed by atoms with Crippen molar-refractivity contribution in [2.45, 2.75) is 25.3 Å². The maximum absolute atomic E-state index is 11.7. The SMILES string of the molecule is O=C(CNCC1CC1)NC(CO)Cc1ccccc1. The summed E-state index contributed by atoms with van der Waals surface area (Å²) in [6.45, 7) is 1.22. The van der Waals surface area contributed by atoms with E-state index in [1.165, 1.54) is 12.8 Å². The van der Waals surface area contributed by atoms with E-state index in [2.05, 4.69) is 10.6 Å². The van der Waals surface area contributed by atoms with Crippen LogP contribution in [0.2, 0.25) is 0 Å². The fraction of sp³-hybridized carbons (Fsp3) is 0.533. The predicted octanol–water partition coefficient (Wildman–Crippen LogP) is 0.706. The minimum absolute atomic E-state index is 0.0384. The zero-order valence-corrected chi connectivity index (χ0v) is 11.1. The number of rotatable bonds is 8. The highest BCUT2D eigenvalue weighted by molar-refractivity contribution is 5.78. The second-order valence-corrected chi connectivity index (χ2v) is 5.21. The van der Waals surface area contributed by atoms with Crippen LogP contribution in [-0.4, -0.2) is 36.8 Å². The highest BCUT2D eigenvalue weighted by atomic mass is 16.3. The fourth-order valence-electron chi connectivity index (χ4n) is 2.05. The number of carbonyl (C=O) groups is 1. The van der Waals surface area contributed by atoms with Crippen LogP contribution in [0.15, 0.2) is 30.3 Å². The van der Waals surface area contributed by atoms with Crippen LogP contribution >= 0.6 is 0 Å². The highest BCUT2D eigenvalue weighted by Crippen LogP contribution is 2.27. The summed E-state index contributed by atoms with van der Waals surface area (Å²) in [5.41, 5.74) is 1.12. The van der Waals surface area contributed by atoms with Crippen LogP contribution in [0, 0.1) is 5.92 Å². The standard InChI is InChI=1S/C15H22N2O2/c18-11-14(8-12-4-2-1-3-5-12)17-15(19)10-16-9-13-6-7-13/h1-5,13-14,16,18H,6-11H2,(H,17,19). The molecule has 0 saturated heterocycles. The molecule has 1 aromatic rings. The van der Waals surface area contributed by atoms with Crippen molar-refractivity contribution in [2.75, 3.05) is 19.7 Å². The van der Waals surface area contributed by atoms with Gasteiger partial charge in [-0.05, 0) is 37.3 Å². The Morgan fingerprint density at radius 2 is 2.05 bits per heavy atom. The van der Waals surface area contributed by atoms with Crippen molar-refractivity contribution in [2.24, 2.45) is 5.92 Å². The smallest absolute Gasteiger partial charge is 0.234 e. The van der Waals surface area contributed by atoms with Crippen molar-refractivity contribution in [3.63, 3.8) is 0 Å². The van der Waals surface area contributed by atoms with E-state index in [1.807, 2.05) is 30.3 Å². The average molecular weight is 262 g/mol. The van der Waals surface area contributed by atoms with Gasteiger partial charge >= 0.3 is 0 Å². The second kappa shape index (κ2) is 7.26. The Bertz CT molecular complexity index is 390. The third kappa shape index (κ3) is 5.41. The minimum atomic E-state index is -0.211. The van der Waals surface area contributed by atoms with Gasteiger partial charge in [-0.15, -0.1) is 0 Å². The van der Waals surface area contributed by atoms with E-state index in [4.69, 9.17) is 0 Å². The van der Waals surface area contributed by atoms with Crippen LogP contribution in [-0.2, 0) is 11.2 Å². The molecule has 0 spiro atoms. The van der Waals surface area contributed by atoms with Crippen LogP contribution in [0.1, 0.15) is 18.4 Å². The summed E-state index contributed by atoms with van der Waals surface area (Å²) >= 11 is 0. The lowest BCUT2D eigenvalue weighted by Gasteiger charge is -2.16. The van der Waals surface area contributed by atoms with Gasteiger partial charge in [0.05, 0.1) is 19.2 Å². The Labute approximate surface area is 114 Å². The van der Waals surface area contributed by atoms with Crippen LogP contribution in [0.5, 0.6) is 0 Å². The number of hydrogen-bond donors (Lipinski definition) is 3. The van der Waals surface area contributed by atoms with Crippen LogP contribution in [0.4, 0.5) is 0 Å². The highest BCUT2D eigenvalue weighted by Gasteiger charge is 2.20. The maximum Gasteiger partial charge on any atom is 0.234 e. The molecule has 1 aliphatic rings. The minimum Gasteiger partial charge on any atom is -0.394 e. The van der Waals surface area contributed by atoms with Crippen molar-refractivity contribution in [1.82, 2.24) is 10.6 Å². The quantitative estimate of drug-likeness (QED) is 0.646. The molecule has 4 nitrogen and oxygen atoms in total. The number of hydrogen-bond acceptors (Lipinski definition) is 3. The first-order chi connectivity index (χ1) is 9.28. The van der Waals surface area contributed by atoms with Gasteiger partial charge in [0, 0.05) is 0 Å². The third-order valence-corrected chi connectivity index (χ3v) is 3.33. The van der Waals surface area contributed by atoms with E-state index >= 15 is 0 Å². The molecule has 1 atom stereocenters. The lowest BCUT2D eigenvalue weighted by molar-refractivity contribution is -0.121. The second-order valence-electron chi connectivity index (χ2n) is 5.21. The average Bonchev–Trinajstić information content (AvgIpc) is 3.23. The first-order valence-corrected chi connectivity index (χ1v) is 6.93. The molecule has 2 rings (SSSR count). The van der Waals surface area contributed by atoms with E-state index in [9.17, 15) is 9.90 Å². The van der Waals surface area contributed by atoms with Crippen molar-refractivity contribution in [1.29, 1.82) is 0 Å². The number of carbonyl (C=O) groups excluding carboxylic acids is 1. The molecule has 1 fully saturated rings. The van der Waals surface area contributed by atoms with Gasteiger partial charge in [-0.3, -0.25) is 4.79 Å². The van der Waals surface area contributed by atoms with Crippen molar-refractivity contribution >= 4 is 5.91 Å². The van der Waals surface area contributed by atoms with Crippen LogP contribution in [0.25, 0.3) is 0 Å². The summed E-state index contributed by atoms with van der Waals surface area (Å²) < 4.78 is 0. The Kier molecular flexibility index (Phi) is 5.36. The van der Waals surface area contributed by atoms with Gasteiger partial charge in [0.25, 0.3) is 0 Å². The Morgan fingerprint density at radius 3 is 2.68 bits per heavy atom. The lowest BCUT2D eigenvalue weighted by atomic mass is 10.1. The number of aliphatic hydroxyl groups excluding tert-OH is 1. The maximum atomic E-state index is 11.7. The molecule has 104 valence electrons.